The van der Waals surface area contributed by atoms with Crippen LogP contribution in [0.3, 0.4) is 0 Å². The van der Waals surface area contributed by atoms with E-state index in [0.717, 1.165) is 38.5 Å². The molecule has 0 heterocycles. The Kier molecular flexibility index (Phi) is 10.4. The van der Waals surface area contributed by atoms with Crippen molar-refractivity contribution in [1.29, 1.82) is 0 Å². The average molecular weight is 407 g/mol. The number of hydrogen-bond acceptors (Lipinski definition) is 4. The molecule has 2 rings (SSSR count). The van der Waals surface area contributed by atoms with Crippen molar-refractivity contribution in [3.8, 4) is 0 Å². The lowest BCUT2D eigenvalue weighted by Crippen LogP contribution is -2.08. The number of carbonyl (C=O) groups is 4. The highest BCUT2D eigenvalue weighted by molar-refractivity contribution is 6.08. The number of benzene rings is 2. The SMILES string of the molecule is O=C(CCCCCCCCC(=O)CC(=O)c1ccccc1)CC(=O)c1ccccc1. The largest absolute Gasteiger partial charge is 0.299 e. The highest BCUT2D eigenvalue weighted by atomic mass is 16.2. The Balaban J connectivity index is 1.47. The van der Waals surface area contributed by atoms with Crippen LogP contribution in [-0.2, 0) is 9.59 Å². The van der Waals surface area contributed by atoms with Crippen LogP contribution in [0.25, 0.3) is 0 Å². The number of carbonyl (C=O) groups excluding carboxylic acids is 4. The van der Waals surface area contributed by atoms with E-state index in [1.54, 1.807) is 48.5 Å². The zero-order chi connectivity index (χ0) is 21.6. The third-order valence-corrected chi connectivity index (χ3v) is 5.07. The van der Waals surface area contributed by atoms with Crippen molar-refractivity contribution in [2.24, 2.45) is 0 Å². The van der Waals surface area contributed by atoms with E-state index in [1.165, 1.54) is 0 Å². The van der Waals surface area contributed by atoms with Crippen LogP contribution in [0.15, 0.2) is 60.7 Å². The standard InChI is InChI=1S/C26H30O4/c27-23(19-25(29)21-13-7-5-8-14-21)17-11-3-1-2-4-12-18-24(28)20-26(30)22-15-9-6-10-16-22/h5-10,13-16H,1-4,11-12,17-20H2. The van der Waals surface area contributed by atoms with Crippen LogP contribution in [0.2, 0.25) is 0 Å². The van der Waals surface area contributed by atoms with Crippen LogP contribution in [0.5, 0.6) is 0 Å². The van der Waals surface area contributed by atoms with Crippen LogP contribution in [0, 0.1) is 0 Å². The normalized spacial score (nSPS) is 10.5. The first-order valence-corrected chi connectivity index (χ1v) is 10.8. The first-order chi connectivity index (χ1) is 14.6. The first-order valence-electron chi connectivity index (χ1n) is 10.8. The van der Waals surface area contributed by atoms with Gasteiger partial charge in [0.25, 0.3) is 0 Å². The van der Waals surface area contributed by atoms with Crippen LogP contribution in [0.4, 0.5) is 0 Å². The quantitative estimate of drug-likeness (QED) is 0.213. The Labute approximate surface area is 178 Å². The van der Waals surface area contributed by atoms with Gasteiger partial charge in [-0.1, -0.05) is 86.3 Å². The Morgan fingerprint density at radius 2 is 0.800 bits per heavy atom. The average Bonchev–Trinajstić information content (AvgIpc) is 2.76. The zero-order valence-corrected chi connectivity index (χ0v) is 17.5. The minimum atomic E-state index is -0.115. The number of Topliss-reactive ketones (excluding diaryl/α,β-unsaturated/α-hetero) is 4. The molecule has 0 fully saturated rings. The van der Waals surface area contributed by atoms with Crippen LogP contribution < -0.4 is 0 Å². The van der Waals surface area contributed by atoms with Crippen molar-refractivity contribution in [2.75, 3.05) is 0 Å². The third kappa shape index (κ3) is 9.08. The molecule has 30 heavy (non-hydrogen) atoms. The van der Waals surface area contributed by atoms with Gasteiger partial charge < -0.3 is 0 Å². The number of ketones is 4. The van der Waals surface area contributed by atoms with E-state index in [4.69, 9.17) is 0 Å². The molecule has 0 aliphatic heterocycles. The van der Waals surface area contributed by atoms with Gasteiger partial charge in [0.05, 0.1) is 12.8 Å². The van der Waals surface area contributed by atoms with Crippen LogP contribution >= 0.6 is 0 Å². The molecule has 0 amide bonds. The third-order valence-electron chi connectivity index (χ3n) is 5.07. The van der Waals surface area contributed by atoms with Gasteiger partial charge in [-0.2, -0.15) is 0 Å². The molecular formula is C26H30O4. The number of unbranched alkanes of at least 4 members (excludes halogenated alkanes) is 5. The van der Waals surface area contributed by atoms with Gasteiger partial charge >= 0.3 is 0 Å². The zero-order valence-electron chi connectivity index (χ0n) is 17.5. The van der Waals surface area contributed by atoms with Crippen molar-refractivity contribution in [2.45, 2.75) is 64.2 Å². The molecule has 0 unspecified atom stereocenters. The molecule has 158 valence electrons. The van der Waals surface area contributed by atoms with Crippen molar-refractivity contribution in [1.82, 2.24) is 0 Å². The van der Waals surface area contributed by atoms with E-state index in [-0.39, 0.29) is 36.0 Å². The summed E-state index contributed by atoms with van der Waals surface area (Å²) in [5.41, 5.74) is 1.18. The van der Waals surface area contributed by atoms with E-state index in [1.807, 2.05) is 12.1 Å². The van der Waals surface area contributed by atoms with E-state index < -0.39 is 0 Å². The highest BCUT2D eigenvalue weighted by Gasteiger charge is 2.12. The fourth-order valence-electron chi connectivity index (χ4n) is 3.34. The second-order valence-corrected chi connectivity index (χ2v) is 7.63. The van der Waals surface area contributed by atoms with Gasteiger partial charge in [-0.25, -0.2) is 0 Å². The van der Waals surface area contributed by atoms with Crippen molar-refractivity contribution in [3.63, 3.8) is 0 Å². The maximum absolute atomic E-state index is 12.0. The van der Waals surface area contributed by atoms with Crippen LogP contribution in [0.1, 0.15) is 84.9 Å². The molecule has 0 aliphatic rings. The molecule has 0 saturated heterocycles. The van der Waals surface area contributed by atoms with E-state index >= 15 is 0 Å². The van der Waals surface area contributed by atoms with Gasteiger partial charge in [-0.05, 0) is 12.8 Å². The second kappa shape index (κ2) is 13.4. The van der Waals surface area contributed by atoms with E-state index in [0.29, 0.717) is 24.0 Å². The summed E-state index contributed by atoms with van der Waals surface area (Å²) in [5, 5.41) is 0. The van der Waals surface area contributed by atoms with Crippen molar-refractivity contribution >= 4 is 23.1 Å². The summed E-state index contributed by atoms with van der Waals surface area (Å²) in [6.45, 7) is 0. The van der Waals surface area contributed by atoms with Crippen molar-refractivity contribution < 1.29 is 19.2 Å². The highest BCUT2D eigenvalue weighted by Crippen LogP contribution is 2.12. The molecule has 0 radical (unpaired) electrons. The minimum absolute atomic E-state index is 0.00228. The lowest BCUT2D eigenvalue weighted by Gasteiger charge is -2.03. The van der Waals surface area contributed by atoms with Crippen molar-refractivity contribution in [3.05, 3.63) is 71.8 Å². The summed E-state index contributed by atoms with van der Waals surface area (Å²) in [6, 6.07) is 17.8. The van der Waals surface area contributed by atoms with Crippen LogP contribution in [-0.4, -0.2) is 23.1 Å². The van der Waals surface area contributed by atoms with E-state index in [2.05, 4.69) is 0 Å². The smallest absolute Gasteiger partial charge is 0.170 e. The Morgan fingerprint density at radius 1 is 0.467 bits per heavy atom. The fraction of sp³-hybridized carbons (Fsp3) is 0.385. The minimum Gasteiger partial charge on any atom is -0.299 e. The summed E-state index contributed by atoms with van der Waals surface area (Å²) in [7, 11) is 0. The van der Waals surface area contributed by atoms with Gasteiger partial charge in [-0.3, -0.25) is 19.2 Å². The first kappa shape index (κ1) is 23.4. The number of rotatable bonds is 15. The second-order valence-electron chi connectivity index (χ2n) is 7.63. The molecule has 4 heteroatoms. The van der Waals surface area contributed by atoms with Gasteiger partial charge in [-0.15, -0.1) is 0 Å². The predicted molar refractivity (Wildman–Crippen MR) is 118 cm³/mol. The summed E-state index contributed by atoms with van der Waals surface area (Å²) in [4.78, 5) is 47.9. The monoisotopic (exact) mass is 406 g/mol. The predicted octanol–water partition coefficient (Wildman–Crippen LogP) is 5.79. The summed E-state index contributed by atoms with van der Waals surface area (Å²) in [5.74, 6) is -0.234. The lowest BCUT2D eigenvalue weighted by atomic mass is 10.0. The van der Waals surface area contributed by atoms with Gasteiger partial charge in [0.15, 0.2) is 11.6 Å². The molecule has 0 saturated carbocycles. The lowest BCUT2D eigenvalue weighted by molar-refractivity contribution is -0.119. The van der Waals surface area contributed by atoms with Gasteiger partial charge in [0.2, 0.25) is 0 Å². The molecule has 2 aromatic carbocycles. The molecule has 4 nitrogen and oxygen atoms in total. The molecule has 0 aromatic heterocycles. The Hall–Kier alpha value is -2.88. The fourth-order valence-corrected chi connectivity index (χ4v) is 3.34. The van der Waals surface area contributed by atoms with Gasteiger partial charge in [0.1, 0.15) is 11.6 Å². The maximum atomic E-state index is 12.0. The Morgan fingerprint density at radius 3 is 1.17 bits per heavy atom. The number of hydrogen-bond donors (Lipinski definition) is 0. The summed E-state index contributed by atoms with van der Waals surface area (Å²) < 4.78 is 0. The molecular weight excluding hydrogens is 376 g/mol. The molecule has 0 bridgehead atoms. The Bertz CT molecular complexity index is 753. The van der Waals surface area contributed by atoms with E-state index in [9.17, 15) is 19.2 Å². The molecule has 0 atom stereocenters. The summed E-state index contributed by atoms with van der Waals surface area (Å²) >= 11 is 0. The molecule has 2 aromatic rings. The maximum Gasteiger partial charge on any atom is 0.170 e. The summed E-state index contributed by atoms with van der Waals surface area (Å²) in [6.07, 6.45) is 6.36. The molecule has 0 spiro atoms. The topological polar surface area (TPSA) is 68.3 Å². The molecule has 0 N–H and O–H groups in total. The molecule has 0 aliphatic carbocycles. The van der Waals surface area contributed by atoms with Gasteiger partial charge in [0, 0.05) is 24.0 Å².